The highest BCUT2D eigenvalue weighted by Gasteiger charge is 2.19. The summed E-state index contributed by atoms with van der Waals surface area (Å²) in [7, 11) is 1.31. The number of carbonyl (C=O) groups excluding carboxylic acids is 1. The van der Waals surface area contributed by atoms with Crippen LogP contribution in [0.2, 0.25) is 0 Å². The minimum atomic E-state index is -0.560. The van der Waals surface area contributed by atoms with Crippen molar-refractivity contribution in [1.29, 1.82) is 0 Å². The van der Waals surface area contributed by atoms with Gasteiger partial charge in [-0.05, 0) is 38.5 Å². The second kappa shape index (κ2) is 6.35. The zero-order valence-corrected chi connectivity index (χ0v) is 13.9. The smallest absolute Gasteiger partial charge is 0.404 e. The number of nitrogens with zero attached hydrogens (tertiary/aromatic N) is 3. The molecule has 7 nitrogen and oxygen atoms in total. The third-order valence-corrected chi connectivity index (χ3v) is 3.98. The molecule has 0 aliphatic heterocycles. The van der Waals surface area contributed by atoms with Crippen LogP contribution in [0.25, 0.3) is 0 Å². The van der Waals surface area contributed by atoms with Crippen LogP contribution in [0.3, 0.4) is 0 Å². The van der Waals surface area contributed by atoms with Gasteiger partial charge in [-0.3, -0.25) is 0 Å². The average molecular weight is 419 g/mol. The van der Waals surface area contributed by atoms with Gasteiger partial charge in [-0.2, -0.15) is 4.68 Å². The zero-order valence-electron chi connectivity index (χ0n) is 10.7. The van der Waals surface area contributed by atoms with E-state index in [2.05, 4.69) is 41.7 Å². The maximum Gasteiger partial charge on any atom is 0.404 e. The first kappa shape index (κ1) is 15.6. The number of methoxy groups -OCH3 is 1. The quantitative estimate of drug-likeness (QED) is 0.432. The van der Waals surface area contributed by atoms with Gasteiger partial charge in [0.1, 0.15) is 4.47 Å². The summed E-state index contributed by atoms with van der Waals surface area (Å²) in [6, 6.07) is 4.99. The van der Waals surface area contributed by atoms with E-state index in [1.807, 2.05) is 0 Å². The minimum Gasteiger partial charge on any atom is -0.465 e. The van der Waals surface area contributed by atoms with Crippen LogP contribution >= 0.6 is 31.9 Å². The molecule has 0 saturated heterocycles. The van der Waals surface area contributed by atoms with Crippen LogP contribution in [-0.4, -0.2) is 27.8 Å². The minimum absolute atomic E-state index is 0.239. The molecule has 2 rings (SSSR count). The van der Waals surface area contributed by atoms with Gasteiger partial charge in [-0.25, -0.2) is 4.79 Å². The van der Waals surface area contributed by atoms with Gasteiger partial charge in [-0.1, -0.05) is 22.0 Å². The highest BCUT2D eigenvalue weighted by molar-refractivity contribution is 9.10. The highest BCUT2D eigenvalue weighted by atomic mass is 79.9. The Morgan fingerprint density at radius 1 is 1.43 bits per heavy atom. The fourth-order valence-corrected chi connectivity index (χ4v) is 2.65. The SMILES string of the molecule is COC(=O)c1ccc(Cn2cc(Br)c([N+](=O)[O-])n2)c(Br)c1. The molecule has 0 aliphatic rings. The summed E-state index contributed by atoms with van der Waals surface area (Å²) >= 11 is 6.45. The number of nitro groups is 1. The molecule has 110 valence electrons. The van der Waals surface area contributed by atoms with E-state index in [9.17, 15) is 14.9 Å². The highest BCUT2D eigenvalue weighted by Crippen LogP contribution is 2.24. The van der Waals surface area contributed by atoms with Crippen LogP contribution < -0.4 is 0 Å². The van der Waals surface area contributed by atoms with E-state index in [1.54, 1.807) is 18.2 Å². The lowest BCUT2D eigenvalue weighted by Gasteiger charge is -2.05. The van der Waals surface area contributed by atoms with Gasteiger partial charge in [0.15, 0.2) is 0 Å². The van der Waals surface area contributed by atoms with E-state index in [1.165, 1.54) is 18.0 Å². The fourth-order valence-electron chi connectivity index (χ4n) is 1.69. The molecule has 0 bridgehead atoms. The van der Waals surface area contributed by atoms with Crippen molar-refractivity contribution in [3.8, 4) is 0 Å². The first-order valence-electron chi connectivity index (χ1n) is 5.66. The molecule has 0 atom stereocenters. The first-order valence-corrected chi connectivity index (χ1v) is 7.25. The van der Waals surface area contributed by atoms with E-state index in [4.69, 9.17) is 0 Å². The topological polar surface area (TPSA) is 87.3 Å². The van der Waals surface area contributed by atoms with Crippen molar-refractivity contribution in [2.45, 2.75) is 6.54 Å². The lowest BCUT2D eigenvalue weighted by Crippen LogP contribution is -2.05. The second-order valence-electron chi connectivity index (χ2n) is 4.05. The molecule has 1 aromatic carbocycles. The lowest BCUT2D eigenvalue weighted by atomic mass is 10.1. The van der Waals surface area contributed by atoms with Gasteiger partial charge in [0, 0.05) is 4.47 Å². The Bertz CT molecular complexity index is 715. The monoisotopic (exact) mass is 417 g/mol. The van der Waals surface area contributed by atoms with E-state index in [0.717, 1.165) is 5.56 Å². The number of aromatic nitrogens is 2. The summed E-state index contributed by atoms with van der Waals surface area (Å²) in [6.07, 6.45) is 1.53. The second-order valence-corrected chi connectivity index (χ2v) is 5.76. The molecular formula is C12H9Br2N3O4. The number of hydrogen-bond donors (Lipinski definition) is 0. The maximum atomic E-state index is 11.4. The standard InChI is InChI=1S/C12H9Br2N3O4/c1-21-12(18)7-2-3-8(9(13)4-7)5-16-6-10(14)11(15-16)17(19)20/h2-4,6H,5H2,1H3. The predicted octanol–water partition coefficient (Wildman–Crippen LogP) is 3.15. The molecule has 0 saturated carbocycles. The zero-order chi connectivity index (χ0) is 15.6. The molecule has 0 unspecified atom stereocenters. The summed E-state index contributed by atoms with van der Waals surface area (Å²) < 4.78 is 7.09. The van der Waals surface area contributed by atoms with Crippen LogP contribution in [0, 0.1) is 10.1 Å². The predicted molar refractivity (Wildman–Crippen MR) is 81.2 cm³/mol. The Morgan fingerprint density at radius 3 is 2.67 bits per heavy atom. The van der Waals surface area contributed by atoms with E-state index < -0.39 is 10.9 Å². The van der Waals surface area contributed by atoms with E-state index in [-0.39, 0.29) is 5.82 Å². The van der Waals surface area contributed by atoms with Gasteiger partial charge >= 0.3 is 11.8 Å². The number of hydrogen-bond acceptors (Lipinski definition) is 5. The Morgan fingerprint density at radius 2 is 2.14 bits per heavy atom. The summed E-state index contributed by atoms with van der Waals surface area (Å²) in [5, 5.41) is 14.6. The summed E-state index contributed by atoms with van der Waals surface area (Å²) in [6.45, 7) is 0.328. The molecule has 21 heavy (non-hydrogen) atoms. The van der Waals surface area contributed by atoms with Gasteiger partial charge in [0.05, 0.1) is 30.5 Å². The molecule has 1 heterocycles. The largest absolute Gasteiger partial charge is 0.465 e. The molecule has 1 aromatic heterocycles. The first-order chi connectivity index (χ1) is 9.92. The Labute approximate surface area is 136 Å². The molecule has 0 aliphatic carbocycles. The fraction of sp³-hybridized carbons (Fsp3) is 0.167. The Hall–Kier alpha value is -1.74. The third-order valence-electron chi connectivity index (χ3n) is 2.68. The normalized spacial score (nSPS) is 10.4. The van der Waals surface area contributed by atoms with Crippen molar-refractivity contribution in [2.24, 2.45) is 0 Å². The van der Waals surface area contributed by atoms with Crippen LogP contribution in [0.1, 0.15) is 15.9 Å². The molecule has 0 fully saturated rings. The molecule has 2 aromatic rings. The van der Waals surface area contributed by atoms with Crippen molar-refractivity contribution < 1.29 is 14.5 Å². The molecular weight excluding hydrogens is 410 g/mol. The van der Waals surface area contributed by atoms with Crippen molar-refractivity contribution in [3.63, 3.8) is 0 Å². The molecule has 0 amide bonds. The van der Waals surface area contributed by atoms with Gasteiger partial charge in [-0.15, -0.1) is 0 Å². The Kier molecular flexibility index (Phi) is 4.73. The average Bonchev–Trinajstić information content (AvgIpc) is 2.81. The van der Waals surface area contributed by atoms with Crippen LogP contribution in [0.15, 0.2) is 33.3 Å². The molecule has 9 heteroatoms. The van der Waals surface area contributed by atoms with E-state index in [0.29, 0.717) is 21.1 Å². The number of rotatable bonds is 4. The lowest BCUT2D eigenvalue weighted by molar-refractivity contribution is -0.390. The van der Waals surface area contributed by atoms with Gasteiger partial charge in [0.2, 0.25) is 0 Å². The third kappa shape index (κ3) is 3.48. The number of esters is 1. The number of ether oxygens (including phenoxy) is 1. The van der Waals surface area contributed by atoms with Crippen LogP contribution in [0.5, 0.6) is 0 Å². The number of halogens is 2. The number of benzene rings is 1. The molecule has 0 radical (unpaired) electrons. The maximum absolute atomic E-state index is 11.4. The van der Waals surface area contributed by atoms with Crippen molar-refractivity contribution >= 4 is 43.6 Å². The Balaban J connectivity index is 2.26. The summed E-state index contributed by atoms with van der Waals surface area (Å²) in [5.74, 6) is -0.669. The molecule has 0 spiro atoms. The summed E-state index contributed by atoms with van der Waals surface area (Å²) in [5.41, 5.74) is 1.24. The van der Waals surface area contributed by atoms with Crippen LogP contribution in [-0.2, 0) is 11.3 Å². The van der Waals surface area contributed by atoms with Gasteiger partial charge < -0.3 is 14.9 Å². The summed E-state index contributed by atoms with van der Waals surface area (Å²) in [4.78, 5) is 21.6. The number of carbonyl (C=O) groups is 1. The van der Waals surface area contributed by atoms with Crippen LogP contribution in [0.4, 0.5) is 5.82 Å². The van der Waals surface area contributed by atoms with Crippen molar-refractivity contribution in [1.82, 2.24) is 9.78 Å². The molecule has 0 N–H and O–H groups in total. The van der Waals surface area contributed by atoms with Gasteiger partial charge in [0.25, 0.3) is 0 Å². The van der Waals surface area contributed by atoms with E-state index >= 15 is 0 Å². The van der Waals surface area contributed by atoms with Crippen molar-refractivity contribution in [3.05, 3.63) is 54.6 Å². The van der Waals surface area contributed by atoms with Crippen molar-refractivity contribution in [2.75, 3.05) is 7.11 Å².